The number of benzene rings is 2. The van der Waals surface area contributed by atoms with E-state index in [-0.39, 0.29) is 12.0 Å². The Bertz CT molecular complexity index is 988. The minimum absolute atomic E-state index is 0.131. The monoisotopic (exact) mass is 414 g/mol. The molecular formula is C21H19ClN2O3S. The van der Waals surface area contributed by atoms with Gasteiger partial charge in [-0.25, -0.2) is 0 Å². The van der Waals surface area contributed by atoms with Crippen LogP contribution in [0.15, 0.2) is 42.1 Å². The second-order valence-electron chi connectivity index (χ2n) is 6.67. The predicted octanol–water partition coefficient (Wildman–Crippen LogP) is 4.32. The maximum absolute atomic E-state index is 13.0. The largest absolute Gasteiger partial charge is 0.493 e. The number of anilines is 1. The topological polar surface area (TPSA) is 50.8 Å². The van der Waals surface area contributed by atoms with Gasteiger partial charge in [0.25, 0.3) is 5.91 Å². The van der Waals surface area contributed by atoms with Crippen LogP contribution in [0, 0.1) is 0 Å². The molecule has 0 unspecified atom stereocenters. The fourth-order valence-corrected chi connectivity index (χ4v) is 3.79. The number of hydrogen-bond acceptors (Lipinski definition) is 4. The van der Waals surface area contributed by atoms with E-state index in [1.165, 1.54) is 4.90 Å². The van der Waals surface area contributed by atoms with Crippen molar-refractivity contribution in [3.63, 3.8) is 0 Å². The van der Waals surface area contributed by atoms with E-state index in [2.05, 4.69) is 5.32 Å². The second kappa shape index (κ2) is 7.45. The number of amides is 1. The lowest BCUT2D eigenvalue weighted by Gasteiger charge is -2.13. The number of ether oxygens (including phenoxy) is 2. The van der Waals surface area contributed by atoms with Crippen molar-refractivity contribution < 1.29 is 14.3 Å². The molecule has 7 heteroatoms. The van der Waals surface area contributed by atoms with Crippen molar-refractivity contribution in [2.45, 2.75) is 26.4 Å². The van der Waals surface area contributed by atoms with Crippen LogP contribution in [-0.4, -0.2) is 23.7 Å². The predicted molar refractivity (Wildman–Crippen MR) is 114 cm³/mol. The van der Waals surface area contributed by atoms with Crippen LogP contribution in [-0.2, 0) is 11.2 Å². The zero-order valence-corrected chi connectivity index (χ0v) is 17.1. The summed E-state index contributed by atoms with van der Waals surface area (Å²) in [6.45, 7) is 4.49. The zero-order chi connectivity index (χ0) is 19.8. The minimum atomic E-state index is -0.232. The van der Waals surface area contributed by atoms with Crippen LogP contribution in [0.2, 0.25) is 5.02 Å². The van der Waals surface area contributed by atoms with E-state index < -0.39 is 0 Å². The van der Waals surface area contributed by atoms with Crippen LogP contribution in [0.5, 0.6) is 11.5 Å². The van der Waals surface area contributed by atoms with E-state index in [0.29, 0.717) is 28.1 Å². The smallest absolute Gasteiger partial charge is 0.281 e. The number of thiocarbonyl (C=S) groups is 1. The number of carbonyl (C=O) groups is 1. The number of nitrogens with zero attached hydrogens (tertiary/aromatic N) is 1. The molecule has 1 fully saturated rings. The van der Waals surface area contributed by atoms with Gasteiger partial charge >= 0.3 is 0 Å². The average Bonchev–Trinajstić information content (AvgIpc) is 3.14. The van der Waals surface area contributed by atoms with Gasteiger partial charge in [-0.3, -0.25) is 9.69 Å². The van der Waals surface area contributed by atoms with Gasteiger partial charge in [0.15, 0.2) is 5.11 Å². The van der Waals surface area contributed by atoms with Crippen molar-refractivity contribution in [1.82, 2.24) is 5.32 Å². The van der Waals surface area contributed by atoms with Crippen LogP contribution in [0.25, 0.3) is 6.08 Å². The van der Waals surface area contributed by atoms with Gasteiger partial charge in [-0.05, 0) is 68.5 Å². The van der Waals surface area contributed by atoms with E-state index in [1.807, 2.05) is 26.0 Å². The Balaban J connectivity index is 1.69. The number of carbonyl (C=O) groups excluding carboxylic acids is 1. The summed E-state index contributed by atoms with van der Waals surface area (Å²) in [5.74, 6) is 1.31. The SMILES string of the molecule is CCOc1cc2c(cc1/C=C1\NC(=S)N(c3ccc(Cl)cc3)C1=O)O[C@H](C)C2. The number of nitrogens with one attached hydrogen (secondary N) is 1. The highest BCUT2D eigenvalue weighted by Crippen LogP contribution is 2.36. The molecule has 4 rings (SSSR count). The summed E-state index contributed by atoms with van der Waals surface area (Å²) in [6, 6.07) is 10.9. The Hall–Kier alpha value is -2.57. The molecule has 2 aliphatic rings. The van der Waals surface area contributed by atoms with Gasteiger partial charge < -0.3 is 14.8 Å². The van der Waals surface area contributed by atoms with Gasteiger partial charge in [-0.2, -0.15) is 0 Å². The second-order valence-corrected chi connectivity index (χ2v) is 7.49. The molecule has 2 heterocycles. The summed E-state index contributed by atoms with van der Waals surface area (Å²) in [4.78, 5) is 14.4. The van der Waals surface area contributed by atoms with Crippen molar-refractivity contribution in [3.05, 3.63) is 58.2 Å². The molecule has 0 saturated carbocycles. The fraction of sp³-hybridized carbons (Fsp3) is 0.238. The third kappa shape index (κ3) is 3.45. The molecular weight excluding hydrogens is 396 g/mol. The molecule has 28 heavy (non-hydrogen) atoms. The fourth-order valence-electron chi connectivity index (χ4n) is 3.36. The van der Waals surface area contributed by atoms with E-state index in [9.17, 15) is 4.79 Å². The molecule has 2 aromatic carbocycles. The van der Waals surface area contributed by atoms with Crippen molar-refractivity contribution in [3.8, 4) is 11.5 Å². The van der Waals surface area contributed by atoms with E-state index in [1.54, 1.807) is 30.3 Å². The Morgan fingerprint density at radius 2 is 2.11 bits per heavy atom. The first-order valence-electron chi connectivity index (χ1n) is 9.05. The molecule has 2 aliphatic heterocycles. The van der Waals surface area contributed by atoms with Crippen LogP contribution < -0.4 is 19.7 Å². The van der Waals surface area contributed by atoms with E-state index in [4.69, 9.17) is 33.3 Å². The molecule has 1 amide bonds. The Morgan fingerprint density at radius 1 is 1.36 bits per heavy atom. The molecule has 1 atom stereocenters. The Morgan fingerprint density at radius 3 is 2.82 bits per heavy atom. The molecule has 0 bridgehead atoms. The van der Waals surface area contributed by atoms with Crippen molar-refractivity contribution in [2.75, 3.05) is 11.5 Å². The van der Waals surface area contributed by atoms with Gasteiger partial charge in [0.05, 0.1) is 12.3 Å². The lowest BCUT2D eigenvalue weighted by Crippen LogP contribution is -2.30. The highest BCUT2D eigenvalue weighted by Gasteiger charge is 2.32. The van der Waals surface area contributed by atoms with Gasteiger partial charge in [0.2, 0.25) is 0 Å². The van der Waals surface area contributed by atoms with Crippen molar-refractivity contribution in [2.24, 2.45) is 0 Å². The number of hydrogen-bond donors (Lipinski definition) is 1. The lowest BCUT2D eigenvalue weighted by atomic mass is 10.1. The van der Waals surface area contributed by atoms with Crippen molar-refractivity contribution in [1.29, 1.82) is 0 Å². The van der Waals surface area contributed by atoms with Gasteiger partial charge in [0, 0.05) is 22.6 Å². The molecule has 0 aromatic heterocycles. The molecule has 5 nitrogen and oxygen atoms in total. The molecule has 2 aromatic rings. The summed E-state index contributed by atoms with van der Waals surface area (Å²) < 4.78 is 11.7. The van der Waals surface area contributed by atoms with Gasteiger partial charge in [0.1, 0.15) is 23.3 Å². The molecule has 0 spiro atoms. The molecule has 1 N–H and O–H groups in total. The summed E-state index contributed by atoms with van der Waals surface area (Å²) in [5.41, 5.74) is 2.92. The Kier molecular flexibility index (Phi) is 5.00. The van der Waals surface area contributed by atoms with Crippen LogP contribution in [0.4, 0.5) is 5.69 Å². The molecule has 0 radical (unpaired) electrons. The summed E-state index contributed by atoms with van der Waals surface area (Å²) in [5, 5.41) is 3.92. The normalized spacial score (nSPS) is 19.6. The van der Waals surface area contributed by atoms with E-state index in [0.717, 1.165) is 29.0 Å². The number of rotatable bonds is 4. The van der Waals surface area contributed by atoms with E-state index >= 15 is 0 Å². The molecule has 0 aliphatic carbocycles. The highest BCUT2D eigenvalue weighted by atomic mass is 35.5. The molecule has 144 valence electrons. The summed E-state index contributed by atoms with van der Waals surface area (Å²) in [7, 11) is 0. The Labute approximate surface area is 173 Å². The highest BCUT2D eigenvalue weighted by molar-refractivity contribution is 7.80. The van der Waals surface area contributed by atoms with Crippen LogP contribution >= 0.6 is 23.8 Å². The van der Waals surface area contributed by atoms with Crippen LogP contribution in [0.3, 0.4) is 0 Å². The first kappa shape index (κ1) is 18.8. The maximum Gasteiger partial charge on any atom is 0.281 e. The van der Waals surface area contributed by atoms with Gasteiger partial charge in [-0.15, -0.1) is 0 Å². The van der Waals surface area contributed by atoms with Crippen LogP contribution in [0.1, 0.15) is 25.0 Å². The number of fused-ring (bicyclic) bond motifs is 1. The summed E-state index contributed by atoms with van der Waals surface area (Å²) in [6.07, 6.45) is 2.73. The number of halogens is 1. The first-order chi connectivity index (χ1) is 13.5. The zero-order valence-electron chi connectivity index (χ0n) is 15.5. The first-order valence-corrected chi connectivity index (χ1v) is 9.84. The average molecular weight is 415 g/mol. The lowest BCUT2D eigenvalue weighted by molar-refractivity contribution is -0.113. The quantitative estimate of drug-likeness (QED) is 0.596. The van der Waals surface area contributed by atoms with Crippen molar-refractivity contribution >= 4 is 46.6 Å². The maximum atomic E-state index is 13.0. The third-order valence-corrected chi connectivity index (χ3v) is 5.13. The third-order valence-electron chi connectivity index (χ3n) is 4.59. The molecule has 1 saturated heterocycles. The standard InChI is InChI=1S/C21H19ClN2O3S/c1-3-26-18-10-13-8-12(2)27-19(13)11-14(18)9-17-20(25)24(21(28)23-17)16-6-4-15(22)5-7-16/h4-7,9-12H,3,8H2,1-2H3,(H,23,28)/b17-9-/t12-/m1/s1. The summed E-state index contributed by atoms with van der Waals surface area (Å²) >= 11 is 11.3. The van der Waals surface area contributed by atoms with Gasteiger partial charge in [-0.1, -0.05) is 11.6 Å². The minimum Gasteiger partial charge on any atom is -0.493 e.